The fourth-order valence-electron chi connectivity index (χ4n) is 1.26. The van der Waals surface area contributed by atoms with E-state index < -0.39 is 0 Å². The van der Waals surface area contributed by atoms with Gasteiger partial charge in [0.1, 0.15) is 0 Å². The maximum atomic E-state index is 8.70. The SMILES string of the molecule is C[C@H](CCO)COCc1ccccc1. The molecule has 0 aliphatic heterocycles. The van der Waals surface area contributed by atoms with Crippen LogP contribution in [-0.4, -0.2) is 18.3 Å². The Morgan fingerprint density at radius 2 is 2.00 bits per heavy atom. The molecule has 2 nitrogen and oxygen atoms in total. The topological polar surface area (TPSA) is 29.5 Å². The Morgan fingerprint density at radius 3 is 2.64 bits per heavy atom. The van der Waals surface area contributed by atoms with E-state index in [1.807, 2.05) is 18.2 Å². The summed E-state index contributed by atoms with van der Waals surface area (Å²) in [7, 11) is 0. The molecule has 0 radical (unpaired) electrons. The zero-order valence-electron chi connectivity index (χ0n) is 8.65. The molecule has 0 heterocycles. The van der Waals surface area contributed by atoms with Crippen LogP contribution in [0.2, 0.25) is 0 Å². The van der Waals surface area contributed by atoms with E-state index in [2.05, 4.69) is 19.1 Å². The Morgan fingerprint density at radius 1 is 1.29 bits per heavy atom. The van der Waals surface area contributed by atoms with Gasteiger partial charge in [0.05, 0.1) is 6.61 Å². The van der Waals surface area contributed by atoms with Gasteiger partial charge in [0.15, 0.2) is 0 Å². The molecule has 1 aromatic carbocycles. The Bertz CT molecular complexity index is 233. The molecule has 0 aliphatic carbocycles. The molecule has 1 N–H and O–H groups in total. The zero-order chi connectivity index (χ0) is 10.2. The van der Waals surface area contributed by atoms with Gasteiger partial charge >= 0.3 is 0 Å². The number of ether oxygens (including phenoxy) is 1. The third kappa shape index (κ3) is 4.40. The predicted octanol–water partition coefficient (Wildman–Crippen LogP) is 2.22. The Kier molecular flexibility index (Phi) is 5.27. The van der Waals surface area contributed by atoms with E-state index in [-0.39, 0.29) is 6.61 Å². The first-order valence-corrected chi connectivity index (χ1v) is 5.05. The van der Waals surface area contributed by atoms with Crippen LogP contribution in [-0.2, 0) is 11.3 Å². The fraction of sp³-hybridized carbons (Fsp3) is 0.500. The highest BCUT2D eigenvalue weighted by Crippen LogP contribution is 2.05. The molecule has 78 valence electrons. The second-order valence-corrected chi connectivity index (χ2v) is 3.62. The van der Waals surface area contributed by atoms with Gasteiger partial charge < -0.3 is 9.84 Å². The highest BCUT2D eigenvalue weighted by molar-refractivity contribution is 5.13. The molecular formula is C12H18O2. The molecule has 0 saturated carbocycles. The normalized spacial score (nSPS) is 12.7. The van der Waals surface area contributed by atoms with Crippen molar-refractivity contribution in [3.63, 3.8) is 0 Å². The highest BCUT2D eigenvalue weighted by atomic mass is 16.5. The first-order chi connectivity index (χ1) is 6.83. The van der Waals surface area contributed by atoms with Gasteiger partial charge in [-0.2, -0.15) is 0 Å². The van der Waals surface area contributed by atoms with Gasteiger partial charge in [-0.15, -0.1) is 0 Å². The second-order valence-electron chi connectivity index (χ2n) is 3.62. The summed E-state index contributed by atoms with van der Waals surface area (Å²) in [6.45, 7) is 3.71. The van der Waals surface area contributed by atoms with Crippen LogP contribution in [0.4, 0.5) is 0 Å². The summed E-state index contributed by atoms with van der Waals surface area (Å²) in [5, 5.41) is 8.70. The van der Waals surface area contributed by atoms with Crippen molar-refractivity contribution in [3.05, 3.63) is 35.9 Å². The lowest BCUT2D eigenvalue weighted by molar-refractivity contribution is 0.0828. The van der Waals surface area contributed by atoms with Gasteiger partial charge in [0, 0.05) is 13.2 Å². The van der Waals surface area contributed by atoms with Crippen molar-refractivity contribution in [1.29, 1.82) is 0 Å². The van der Waals surface area contributed by atoms with Gasteiger partial charge in [0.25, 0.3) is 0 Å². The molecule has 2 heteroatoms. The largest absolute Gasteiger partial charge is 0.396 e. The zero-order valence-corrected chi connectivity index (χ0v) is 8.65. The fourth-order valence-corrected chi connectivity index (χ4v) is 1.26. The molecule has 0 amide bonds. The molecule has 0 aromatic heterocycles. The first kappa shape index (κ1) is 11.2. The maximum absolute atomic E-state index is 8.70. The number of benzene rings is 1. The molecule has 0 aliphatic rings. The minimum absolute atomic E-state index is 0.246. The summed E-state index contributed by atoms with van der Waals surface area (Å²) >= 11 is 0. The summed E-state index contributed by atoms with van der Waals surface area (Å²) in [5.41, 5.74) is 1.20. The minimum Gasteiger partial charge on any atom is -0.396 e. The van der Waals surface area contributed by atoms with Crippen molar-refractivity contribution in [3.8, 4) is 0 Å². The number of aliphatic hydroxyl groups excluding tert-OH is 1. The highest BCUT2D eigenvalue weighted by Gasteiger charge is 2.00. The van der Waals surface area contributed by atoms with Gasteiger partial charge in [-0.1, -0.05) is 37.3 Å². The van der Waals surface area contributed by atoms with E-state index in [0.717, 1.165) is 13.0 Å². The maximum Gasteiger partial charge on any atom is 0.0717 e. The first-order valence-electron chi connectivity index (χ1n) is 5.05. The lowest BCUT2D eigenvalue weighted by atomic mass is 10.1. The van der Waals surface area contributed by atoms with Crippen molar-refractivity contribution in [2.24, 2.45) is 5.92 Å². The molecule has 1 atom stereocenters. The summed E-state index contributed by atoms with van der Waals surface area (Å²) in [4.78, 5) is 0. The second kappa shape index (κ2) is 6.57. The van der Waals surface area contributed by atoms with Gasteiger partial charge in [-0.25, -0.2) is 0 Å². The third-order valence-corrected chi connectivity index (χ3v) is 2.14. The molecule has 1 aromatic rings. The van der Waals surface area contributed by atoms with Crippen LogP contribution >= 0.6 is 0 Å². The molecular weight excluding hydrogens is 176 g/mol. The molecule has 0 saturated heterocycles. The van der Waals surface area contributed by atoms with Crippen LogP contribution in [0, 0.1) is 5.92 Å². The van der Waals surface area contributed by atoms with Crippen LogP contribution in [0.15, 0.2) is 30.3 Å². The van der Waals surface area contributed by atoms with E-state index in [1.165, 1.54) is 5.56 Å². The van der Waals surface area contributed by atoms with Gasteiger partial charge in [-0.05, 0) is 17.9 Å². The number of hydrogen-bond donors (Lipinski definition) is 1. The summed E-state index contributed by atoms with van der Waals surface area (Å²) in [6, 6.07) is 10.1. The summed E-state index contributed by atoms with van der Waals surface area (Å²) in [5.74, 6) is 0.434. The smallest absolute Gasteiger partial charge is 0.0717 e. The number of rotatable bonds is 6. The quantitative estimate of drug-likeness (QED) is 0.752. The van der Waals surface area contributed by atoms with Crippen molar-refractivity contribution in [1.82, 2.24) is 0 Å². The molecule has 0 unspecified atom stereocenters. The van der Waals surface area contributed by atoms with Crippen LogP contribution in [0.1, 0.15) is 18.9 Å². The average Bonchev–Trinajstić information content (AvgIpc) is 2.20. The van der Waals surface area contributed by atoms with Crippen LogP contribution in [0.5, 0.6) is 0 Å². The predicted molar refractivity (Wildman–Crippen MR) is 57.0 cm³/mol. The molecule has 1 rings (SSSR count). The van der Waals surface area contributed by atoms with Crippen molar-refractivity contribution in [2.75, 3.05) is 13.2 Å². The Hall–Kier alpha value is -0.860. The van der Waals surface area contributed by atoms with Crippen LogP contribution in [0.25, 0.3) is 0 Å². The van der Waals surface area contributed by atoms with Crippen LogP contribution in [0.3, 0.4) is 0 Å². The van der Waals surface area contributed by atoms with E-state index in [9.17, 15) is 0 Å². The lowest BCUT2D eigenvalue weighted by Crippen LogP contribution is -2.07. The number of aliphatic hydroxyl groups is 1. The molecule has 0 bridgehead atoms. The average molecular weight is 194 g/mol. The Balaban J connectivity index is 2.16. The van der Waals surface area contributed by atoms with Crippen molar-refractivity contribution in [2.45, 2.75) is 20.0 Å². The van der Waals surface area contributed by atoms with Crippen molar-refractivity contribution < 1.29 is 9.84 Å². The van der Waals surface area contributed by atoms with Gasteiger partial charge in [0.2, 0.25) is 0 Å². The molecule has 14 heavy (non-hydrogen) atoms. The number of hydrogen-bond acceptors (Lipinski definition) is 2. The van der Waals surface area contributed by atoms with Gasteiger partial charge in [-0.3, -0.25) is 0 Å². The van der Waals surface area contributed by atoms with E-state index in [0.29, 0.717) is 12.5 Å². The van der Waals surface area contributed by atoms with Crippen LogP contribution < -0.4 is 0 Å². The lowest BCUT2D eigenvalue weighted by Gasteiger charge is -2.10. The molecule has 0 fully saturated rings. The molecule has 0 spiro atoms. The third-order valence-electron chi connectivity index (χ3n) is 2.14. The van der Waals surface area contributed by atoms with Crippen molar-refractivity contribution >= 4 is 0 Å². The van der Waals surface area contributed by atoms with E-state index >= 15 is 0 Å². The summed E-state index contributed by atoms with van der Waals surface area (Å²) < 4.78 is 5.52. The van der Waals surface area contributed by atoms with E-state index in [1.54, 1.807) is 0 Å². The minimum atomic E-state index is 0.246. The Labute approximate surface area is 85.5 Å². The van der Waals surface area contributed by atoms with E-state index in [4.69, 9.17) is 9.84 Å². The summed E-state index contributed by atoms with van der Waals surface area (Å²) in [6.07, 6.45) is 0.814. The monoisotopic (exact) mass is 194 g/mol. The standard InChI is InChI=1S/C12H18O2/c1-11(7-8-13)9-14-10-12-5-3-2-4-6-12/h2-6,11,13H,7-10H2,1H3/t11-/m1/s1.